The van der Waals surface area contributed by atoms with Crippen molar-refractivity contribution in [3.8, 4) is 5.75 Å². The molecule has 0 aromatic heterocycles. The number of rotatable bonds is 4. The van der Waals surface area contributed by atoms with Crippen molar-refractivity contribution in [2.75, 3.05) is 12.4 Å². The number of carbonyl (C=O) groups is 2. The zero-order chi connectivity index (χ0) is 19.5. The summed E-state index contributed by atoms with van der Waals surface area (Å²) in [5.74, 6) is 0.495. The van der Waals surface area contributed by atoms with Crippen LogP contribution in [0.1, 0.15) is 41.6 Å². The van der Waals surface area contributed by atoms with Crippen molar-refractivity contribution in [3.05, 3.63) is 58.5 Å². The average molecular weight is 394 g/mol. The fraction of sp³-hybridized carbons (Fsp3) is 0.273. The van der Waals surface area contributed by atoms with Crippen molar-refractivity contribution in [2.24, 2.45) is 0 Å². The van der Waals surface area contributed by atoms with E-state index in [1.165, 1.54) is 24.6 Å². The Morgan fingerprint density at radius 2 is 2.04 bits per heavy atom. The summed E-state index contributed by atoms with van der Waals surface area (Å²) < 4.78 is 5.24. The van der Waals surface area contributed by atoms with Crippen LogP contribution in [0.3, 0.4) is 0 Å². The van der Waals surface area contributed by atoms with E-state index >= 15 is 0 Å². The number of nitrogens with one attached hydrogen (secondary N) is 2. The highest BCUT2D eigenvalue weighted by Crippen LogP contribution is 2.39. The number of carbonyl (C=O) groups excluding carboxylic acids is 2. The molecule has 0 unspecified atom stereocenters. The Balaban J connectivity index is 1.52. The zero-order valence-corrected chi connectivity index (χ0v) is 16.5. The van der Waals surface area contributed by atoms with E-state index in [0.29, 0.717) is 16.2 Å². The van der Waals surface area contributed by atoms with E-state index in [-0.39, 0.29) is 17.9 Å². The Hall–Kier alpha value is -2.73. The van der Waals surface area contributed by atoms with Gasteiger partial charge < -0.3 is 15.4 Å². The SMILES string of the molecule is COc1cccc(C=C2Sc3ccc(C(=O)NC4CCCC4)cc3NC2=O)c1. The summed E-state index contributed by atoms with van der Waals surface area (Å²) in [6, 6.07) is 13.3. The Morgan fingerprint density at radius 3 is 2.82 bits per heavy atom. The summed E-state index contributed by atoms with van der Waals surface area (Å²) in [6.45, 7) is 0. The average Bonchev–Trinajstić information content (AvgIpc) is 3.21. The number of methoxy groups -OCH3 is 1. The lowest BCUT2D eigenvalue weighted by molar-refractivity contribution is -0.112. The molecule has 0 spiro atoms. The van der Waals surface area contributed by atoms with Gasteiger partial charge in [-0.1, -0.05) is 36.7 Å². The second-order valence-corrected chi connectivity index (χ2v) is 8.09. The monoisotopic (exact) mass is 394 g/mol. The van der Waals surface area contributed by atoms with Crippen molar-refractivity contribution in [1.82, 2.24) is 5.32 Å². The highest BCUT2D eigenvalue weighted by molar-refractivity contribution is 8.04. The predicted molar refractivity (Wildman–Crippen MR) is 112 cm³/mol. The Morgan fingerprint density at radius 1 is 1.21 bits per heavy atom. The summed E-state index contributed by atoms with van der Waals surface area (Å²) >= 11 is 1.40. The van der Waals surface area contributed by atoms with E-state index in [2.05, 4.69) is 10.6 Å². The summed E-state index contributed by atoms with van der Waals surface area (Å²) in [7, 11) is 1.62. The maximum atomic E-state index is 12.5. The van der Waals surface area contributed by atoms with Gasteiger partial charge in [0.05, 0.1) is 17.7 Å². The highest BCUT2D eigenvalue weighted by Gasteiger charge is 2.23. The molecule has 0 atom stereocenters. The van der Waals surface area contributed by atoms with Crippen LogP contribution in [0.4, 0.5) is 5.69 Å². The number of hydrogen-bond donors (Lipinski definition) is 2. The molecule has 144 valence electrons. The van der Waals surface area contributed by atoms with Crippen molar-refractivity contribution >= 4 is 35.3 Å². The standard InChI is InChI=1S/C22H22N2O3S/c1-27-17-8-4-5-14(11-17)12-20-22(26)24-18-13-15(9-10-19(18)28-20)21(25)23-16-6-2-3-7-16/h4-5,8-13,16H,2-3,6-7H2,1H3,(H,23,25)(H,24,26). The van der Waals surface area contributed by atoms with Gasteiger partial charge in [0.25, 0.3) is 11.8 Å². The molecular formula is C22H22N2O3S. The lowest BCUT2D eigenvalue weighted by Crippen LogP contribution is -2.32. The summed E-state index contributed by atoms with van der Waals surface area (Å²) in [6.07, 6.45) is 6.27. The van der Waals surface area contributed by atoms with Crippen LogP contribution in [0.15, 0.2) is 52.3 Å². The molecule has 5 nitrogen and oxygen atoms in total. The molecule has 2 N–H and O–H groups in total. The molecule has 1 heterocycles. The van der Waals surface area contributed by atoms with Crippen LogP contribution in [-0.4, -0.2) is 25.0 Å². The van der Waals surface area contributed by atoms with Gasteiger partial charge in [-0.2, -0.15) is 0 Å². The quantitative estimate of drug-likeness (QED) is 0.752. The van der Waals surface area contributed by atoms with Crippen molar-refractivity contribution in [2.45, 2.75) is 36.6 Å². The lowest BCUT2D eigenvalue weighted by atomic mass is 10.1. The van der Waals surface area contributed by atoms with E-state index in [9.17, 15) is 9.59 Å². The normalized spacial score (nSPS) is 17.9. The molecule has 28 heavy (non-hydrogen) atoms. The lowest BCUT2D eigenvalue weighted by Gasteiger charge is -2.20. The minimum Gasteiger partial charge on any atom is -0.497 e. The fourth-order valence-electron chi connectivity index (χ4n) is 3.52. The topological polar surface area (TPSA) is 67.4 Å². The largest absolute Gasteiger partial charge is 0.497 e. The number of hydrogen-bond acceptors (Lipinski definition) is 4. The molecule has 2 aromatic carbocycles. The van der Waals surface area contributed by atoms with Gasteiger partial charge in [-0.05, 0) is 54.8 Å². The van der Waals surface area contributed by atoms with Gasteiger partial charge in [0, 0.05) is 16.5 Å². The Labute approximate surface area is 168 Å². The van der Waals surface area contributed by atoms with Gasteiger partial charge in [-0.25, -0.2) is 0 Å². The van der Waals surface area contributed by atoms with Crippen LogP contribution in [0, 0.1) is 0 Å². The van der Waals surface area contributed by atoms with Crippen LogP contribution in [0.25, 0.3) is 6.08 Å². The van der Waals surface area contributed by atoms with Gasteiger partial charge >= 0.3 is 0 Å². The van der Waals surface area contributed by atoms with Crippen LogP contribution in [0.5, 0.6) is 5.75 Å². The highest BCUT2D eigenvalue weighted by atomic mass is 32.2. The molecule has 2 aliphatic rings. The maximum Gasteiger partial charge on any atom is 0.262 e. The number of amides is 2. The van der Waals surface area contributed by atoms with Crippen molar-refractivity contribution in [1.29, 1.82) is 0 Å². The number of fused-ring (bicyclic) bond motifs is 1. The van der Waals surface area contributed by atoms with Crippen molar-refractivity contribution < 1.29 is 14.3 Å². The third kappa shape index (κ3) is 4.07. The third-order valence-electron chi connectivity index (χ3n) is 5.02. The van der Waals surface area contributed by atoms with Gasteiger partial charge in [0.1, 0.15) is 5.75 Å². The molecule has 6 heteroatoms. The first-order chi connectivity index (χ1) is 13.6. The van der Waals surface area contributed by atoms with Gasteiger partial charge in [-0.15, -0.1) is 0 Å². The first-order valence-corrected chi connectivity index (χ1v) is 10.2. The predicted octanol–water partition coefficient (Wildman–Crippen LogP) is 4.45. The minimum atomic E-state index is -0.173. The summed E-state index contributed by atoms with van der Waals surface area (Å²) in [5.41, 5.74) is 2.15. The Kier molecular flexibility index (Phi) is 5.39. The van der Waals surface area contributed by atoms with Gasteiger partial charge in [0.15, 0.2) is 0 Å². The summed E-state index contributed by atoms with van der Waals surface area (Å²) in [5, 5.41) is 5.99. The smallest absolute Gasteiger partial charge is 0.262 e. The van der Waals surface area contributed by atoms with E-state index in [4.69, 9.17) is 4.74 Å². The second-order valence-electron chi connectivity index (χ2n) is 7.01. The maximum absolute atomic E-state index is 12.5. The van der Waals surface area contributed by atoms with E-state index in [1.807, 2.05) is 42.5 Å². The second kappa shape index (κ2) is 8.10. The molecule has 1 saturated carbocycles. The minimum absolute atomic E-state index is 0.0772. The fourth-order valence-corrected chi connectivity index (χ4v) is 4.45. The first kappa shape index (κ1) is 18.6. The number of ether oxygens (including phenoxy) is 1. The number of benzene rings is 2. The van der Waals surface area contributed by atoms with Crippen LogP contribution in [-0.2, 0) is 4.79 Å². The molecule has 0 bridgehead atoms. The summed E-state index contributed by atoms with van der Waals surface area (Å²) in [4.78, 5) is 26.5. The molecule has 1 aliphatic carbocycles. The molecule has 0 radical (unpaired) electrons. The van der Waals surface area contributed by atoms with Crippen LogP contribution >= 0.6 is 11.8 Å². The van der Waals surface area contributed by atoms with Gasteiger partial charge in [-0.3, -0.25) is 9.59 Å². The zero-order valence-electron chi connectivity index (χ0n) is 15.7. The number of thioether (sulfide) groups is 1. The third-order valence-corrected chi connectivity index (χ3v) is 6.11. The molecular weight excluding hydrogens is 372 g/mol. The first-order valence-electron chi connectivity index (χ1n) is 9.42. The molecule has 2 amide bonds. The van der Waals surface area contributed by atoms with E-state index in [0.717, 1.165) is 29.1 Å². The Bertz CT molecular complexity index is 949. The van der Waals surface area contributed by atoms with Crippen LogP contribution in [0.2, 0.25) is 0 Å². The van der Waals surface area contributed by atoms with Gasteiger partial charge in [0.2, 0.25) is 0 Å². The molecule has 0 saturated heterocycles. The number of anilines is 1. The van der Waals surface area contributed by atoms with E-state index in [1.54, 1.807) is 13.2 Å². The van der Waals surface area contributed by atoms with E-state index < -0.39 is 0 Å². The molecule has 1 fully saturated rings. The van der Waals surface area contributed by atoms with Crippen LogP contribution < -0.4 is 15.4 Å². The molecule has 1 aliphatic heterocycles. The molecule has 2 aromatic rings. The molecule has 4 rings (SSSR count). The van der Waals surface area contributed by atoms with Crippen molar-refractivity contribution in [3.63, 3.8) is 0 Å².